The van der Waals surface area contributed by atoms with Crippen LogP contribution in [0.15, 0.2) is 18.3 Å². The number of rotatable bonds is 2. The number of morpholine rings is 1. The van der Waals surface area contributed by atoms with Crippen molar-refractivity contribution in [2.24, 2.45) is 0 Å². The number of anilines is 1. The Bertz CT molecular complexity index is 559. The number of aromatic nitrogens is 1. The number of ether oxygens (including phenoxy) is 1. The fraction of sp³-hybridized carbons (Fsp3) is 0.611. The van der Waals surface area contributed by atoms with Gasteiger partial charge in [0, 0.05) is 19.1 Å². The van der Waals surface area contributed by atoms with Crippen LogP contribution in [0.2, 0.25) is 0 Å². The van der Waals surface area contributed by atoms with Crippen LogP contribution >= 0.6 is 0 Å². The zero-order valence-electron chi connectivity index (χ0n) is 13.9. The van der Waals surface area contributed by atoms with E-state index in [0.717, 1.165) is 37.3 Å². The van der Waals surface area contributed by atoms with Crippen LogP contribution in [-0.4, -0.2) is 41.2 Å². The van der Waals surface area contributed by atoms with Crippen molar-refractivity contribution in [3.05, 3.63) is 29.6 Å². The van der Waals surface area contributed by atoms with E-state index in [1.54, 1.807) is 6.20 Å². The quantitative estimate of drug-likeness (QED) is 0.912. The Kier molecular flexibility index (Phi) is 4.50. The zero-order valence-corrected chi connectivity index (χ0v) is 13.9. The van der Waals surface area contributed by atoms with Crippen LogP contribution in [0.1, 0.15) is 44.4 Å². The molecule has 3 unspecified atom stereocenters. The molecular weight excluding hydrogens is 274 g/mol. The van der Waals surface area contributed by atoms with E-state index in [0.29, 0.717) is 18.2 Å². The third-order valence-corrected chi connectivity index (χ3v) is 4.75. The second-order valence-electron chi connectivity index (χ2n) is 6.80. The molecule has 1 fully saturated rings. The molecule has 0 amide bonds. The highest BCUT2D eigenvalue weighted by molar-refractivity contribution is 5.67. The summed E-state index contributed by atoms with van der Waals surface area (Å²) in [5.41, 5.74) is 10.2. The summed E-state index contributed by atoms with van der Waals surface area (Å²) in [6, 6.07) is 2.66. The van der Waals surface area contributed by atoms with Gasteiger partial charge < -0.3 is 10.5 Å². The molecule has 3 rings (SSSR count). The van der Waals surface area contributed by atoms with Crippen LogP contribution < -0.4 is 5.73 Å². The molecule has 1 saturated heterocycles. The van der Waals surface area contributed by atoms with Gasteiger partial charge in [0.25, 0.3) is 0 Å². The van der Waals surface area contributed by atoms with Gasteiger partial charge >= 0.3 is 0 Å². The first-order valence-corrected chi connectivity index (χ1v) is 8.34. The van der Waals surface area contributed by atoms with Gasteiger partial charge in [-0.2, -0.15) is 0 Å². The molecule has 1 aliphatic heterocycles. The van der Waals surface area contributed by atoms with Gasteiger partial charge in [0.05, 0.1) is 29.8 Å². The number of nitrogens with two attached hydrogens (primary N) is 1. The van der Waals surface area contributed by atoms with E-state index in [9.17, 15) is 0 Å². The van der Waals surface area contributed by atoms with E-state index < -0.39 is 0 Å². The summed E-state index contributed by atoms with van der Waals surface area (Å²) in [4.78, 5) is 7.14. The molecule has 4 nitrogen and oxygen atoms in total. The van der Waals surface area contributed by atoms with Crippen molar-refractivity contribution in [1.82, 2.24) is 9.88 Å². The van der Waals surface area contributed by atoms with Crippen molar-refractivity contribution >= 4 is 11.3 Å². The van der Waals surface area contributed by atoms with Crippen molar-refractivity contribution in [2.75, 3.05) is 18.8 Å². The SMILES string of the molecule is Cc1cc(N)cnc1C1=CCC(N2CC(C)OC(C)C2)CC1. The second-order valence-corrected chi connectivity index (χ2v) is 6.80. The zero-order chi connectivity index (χ0) is 15.7. The predicted molar refractivity (Wildman–Crippen MR) is 90.6 cm³/mol. The Morgan fingerprint density at radius 1 is 1.27 bits per heavy atom. The van der Waals surface area contributed by atoms with Gasteiger partial charge in [0.15, 0.2) is 0 Å². The van der Waals surface area contributed by atoms with Gasteiger partial charge in [-0.05, 0) is 57.2 Å². The van der Waals surface area contributed by atoms with Gasteiger partial charge in [0.1, 0.15) is 0 Å². The Labute approximate surface area is 133 Å². The molecule has 3 atom stereocenters. The maximum absolute atomic E-state index is 5.85. The predicted octanol–water partition coefficient (Wildman–Crippen LogP) is 3.02. The van der Waals surface area contributed by atoms with E-state index in [-0.39, 0.29) is 0 Å². The number of hydrogen-bond donors (Lipinski definition) is 1. The Morgan fingerprint density at radius 3 is 2.59 bits per heavy atom. The molecule has 2 heterocycles. The maximum Gasteiger partial charge on any atom is 0.0689 e. The molecule has 120 valence electrons. The lowest BCUT2D eigenvalue weighted by molar-refractivity contribution is -0.0810. The number of allylic oxidation sites excluding steroid dienone is 1. The van der Waals surface area contributed by atoms with Crippen LogP contribution in [0, 0.1) is 6.92 Å². The normalized spacial score (nSPS) is 30.1. The Hall–Kier alpha value is -1.39. The van der Waals surface area contributed by atoms with Crippen LogP contribution in [0.25, 0.3) is 5.57 Å². The monoisotopic (exact) mass is 301 g/mol. The number of aryl methyl sites for hydroxylation is 1. The first-order chi connectivity index (χ1) is 10.5. The molecule has 0 radical (unpaired) electrons. The largest absolute Gasteiger partial charge is 0.397 e. The van der Waals surface area contributed by atoms with Crippen molar-refractivity contribution in [2.45, 2.75) is 58.3 Å². The van der Waals surface area contributed by atoms with Crippen molar-refractivity contribution in [3.63, 3.8) is 0 Å². The minimum Gasteiger partial charge on any atom is -0.397 e. The van der Waals surface area contributed by atoms with Crippen molar-refractivity contribution in [1.29, 1.82) is 0 Å². The molecule has 0 spiro atoms. The van der Waals surface area contributed by atoms with E-state index in [4.69, 9.17) is 10.5 Å². The van der Waals surface area contributed by atoms with E-state index >= 15 is 0 Å². The fourth-order valence-corrected chi connectivity index (χ4v) is 3.82. The minimum atomic E-state index is 0.343. The van der Waals surface area contributed by atoms with Crippen LogP contribution in [0.3, 0.4) is 0 Å². The topological polar surface area (TPSA) is 51.4 Å². The molecule has 1 aliphatic carbocycles. The third kappa shape index (κ3) is 3.33. The average molecular weight is 301 g/mol. The maximum atomic E-state index is 5.85. The Balaban J connectivity index is 1.69. The summed E-state index contributed by atoms with van der Waals surface area (Å²) in [5, 5.41) is 0. The van der Waals surface area contributed by atoms with Gasteiger partial charge in [-0.25, -0.2) is 0 Å². The number of nitrogen functional groups attached to an aromatic ring is 1. The number of hydrogen-bond acceptors (Lipinski definition) is 4. The third-order valence-electron chi connectivity index (χ3n) is 4.75. The molecular formula is C18H27N3O. The first kappa shape index (κ1) is 15.5. The summed E-state index contributed by atoms with van der Waals surface area (Å²) in [5.74, 6) is 0. The smallest absolute Gasteiger partial charge is 0.0689 e. The highest BCUT2D eigenvalue weighted by Crippen LogP contribution is 2.31. The first-order valence-electron chi connectivity index (χ1n) is 8.34. The summed E-state index contributed by atoms with van der Waals surface area (Å²) in [6.07, 6.45) is 8.25. The fourth-order valence-electron chi connectivity index (χ4n) is 3.82. The van der Waals surface area contributed by atoms with Gasteiger partial charge in [-0.15, -0.1) is 0 Å². The lowest BCUT2D eigenvalue weighted by atomic mass is 9.90. The molecule has 2 N–H and O–H groups in total. The number of pyridine rings is 1. The molecule has 0 aromatic carbocycles. The number of nitrogens with zero attached hydrogens (tertiary/aromatic N) is 2. The van der Waals surface area contributed by atoms with Crippen LogP contribution in [0.4, 0.5) is 5.69 Å². The Morgan fingerprint density at radius 2 is 2.00 bits per heavy atom. The summed E-state index contributed by atoms with van der Waals surface area (Å²) < 4.78 is 5.85. The lowest BCUT2D eigenvalue weighted by Crippen LogP contribution is -2.50. The van der Waals surface area contributed by atoms with Crippen LogP contribution in [-0.2, 0) is 4.74 Å². The molecule has 0 saturated carbocycles. The summed E-state index contributed by atoms with van der Waals surface area (Å²) in [6.45, 7) is 8.55. The van der Waals surface area contributed by atoms with E-state index in [2.05, 4.69) is 36.7 Å². The molecule has 1 aromatic rings. The molecule has 0 bridgehead atoms. The highest BCUT2D eigenvalue weighted by Gasteiger charge is 2.29. The van der Waals surface area contributed by atoms with E-state index in [1.165, 1.54) is 17.6 Å². The summed E-state index contributed by atoms with van der Waals surface area (Å²) in [7, 11) is 0. The highest BCUT2D eigenvalue weighted by atomic mass is 16.5. The van der Waals surface area contributed by atoms with Gasteiger partial charge in [0.2, 0.25) is 0 Å². The summed E-state index contributed by atoms with van der Waals surface area (Å²) >= 11 is 0. The van der Waals surface area contributed by atoms with Crippen LogP contribution in [0.5, 0.6) is 0 Å². The van der Waals surface area contributed by atoms with E-state index in [1.807, 2.05) is 6.07 Å². The van der Waals surface area contributed by atoms with Gasteiger partial charge in [-0.3, -0.25) is 9.88 Å². The van der Waals surface area contributed by atoms with Crippen molar-refractivity contribution in [3.8, 4) is 0 Å². The standard InChI is InChI=1S/C18H27N3O/c1-12-8-16(19)9-20-18(12)15-4-6-17(7-5-15)21-10-13(2)22-14(3)11-21/h4,8-9,13-14,17H,5-7,10-11,19H2,1-3H3. The minimum absolute atomic E-state index is 0.343. The average Bonchev–Trinajstić information content (AvgIpc) is 2.46. The molecule has 22 heavy (non-hydrogen) atoms. The van der Waals surface area contributed by atoms with Crippen molar-refractivity contribution < 1.29 is 4.74 Å². The second kappa shape index (κ2) is 6.39. The molecule has 4 heteroatoms. The molecule has 1 aromatic heterocycles. The molecule has 2 aliphatic rings. The van der Waals surface area contributed by atoms with Gasteiger partial charge in [-0.1, -0.05) is 6.08 Å². The lowest BCUT2D eigenvalue weighted by Gasteiger charge is -2.41.